The summed E-state index contributed by atoms with van der Waals surface area (Å²) < 4.78 is 6.77. The van der Waals surface area contributed by atoms with E-state index in [1.54, 1.807) is 11.0 Å². The molecule has 0 bridgehead atoms. The summed E-state index contributed by atoms with van der Waals surface area (Å²) >= 11 is 0. The van der Waals surface area contributed by atoms with Crippen molar-refractivity contribution >= 4 is 23.4 Å². The highest BCUT2D eigenvalue weighted by Gasteiger charge is 2.23. The molecule has 1 saturated heterocycles. The number of pyridine rings is 1. The molecule has 2 aromatic rings. The van der Waals surface area contributed by atoms with Crippen LogP contribution in [0.15, 0.2) is 47.8 Å². The van der Waals surface area contributed by atoms with Gasteiger partial charge in [-0.25, -0.2) is 4.79 Å². The summed E-state index contributed by atoms with van der Waals surface area (Å²) in [6.07, 6.45) is 4.13. The van der Waals surface area contributed by atoms with Crippen LogP contribution in [0.1, 0.15) is 30.7 Å². The van der Waals surface area contributed by atoms with Crippen LogP contribution in [-0.4, -0.2) is 41.6 Å². The fraction of sp³-hybridized carbons (Fsp3) is 0.381. The smallest absolute Gasteiger partial charge is 0.408 e. The number of aromatic nitrogens is 1. The van der Waals surface area contributed by atoms with Crippen LogP contribution >= 0.6 is 0 Å². The molecule has 1 N–H and O–H groups in total. The molecule has 1 aliphatic rings. The number of likely N-dealkylation sites (tertiary alicyclic amines) is 1. The largest absolute Gasteiger partial charge is 0.428 e. The molecule has 148 valence electrons. The number of nitrogens with zero attached hydrogens (tertiary/aromatic N) is 2. The first-order valence-corrected chi connectivity index (χ1v) is 9.47. The summed E-state index contributed by atoms with van der Waals surface area (Å²) in [6, 6.07) is 9.48. The standard InChI is InChI=1S/C21H25N3O4/c1-2-3-10-22-21(27)28-15-24-19-7-5-4-6-17(19)13-18(20(24)26)16-8-11-23(14-25)12-9-16/h2,4-7,13-14,16H,1,3,8-12,15H2,(H,22,27). The van der Waals surface area contributed by atoms with E-state index in [2.05, 4.69) is 11.9 Å². The maximum absolute atomic E-state index is 13.2. The van der Waals surface area contributed by atoms with Crippen molar-refractivity contribution in [1.29, 1.82) is 0 Å². The third kappa shape index (κ3) is 4.42. The van der Waals surface area contributed by atoms with Gasteiger partial charge in [-0.2, -0.15) is 0 Å². The number of fused-ring (bicyclic) bond motifs is 1. The number of ether oxygens (including phenoxy) is 1. The lowest BCUT2D eigenvalue weighted by molar-refractivity contribution is -0.119. The molecule has 7 heteroatoms. The number of piperidine rings is 1. The second kappa shape index (κ2) is 9.21. The van der Waals surface area contributed by atoms with Gasteiger partial charge in [0.1, 0.15) is 0 Å². The third-order valence-electron chi connectivity index (χ3n) is 5.09. The maximum Gasteiger partial charge on any atom is 0.408 e. The van der Waals surface area contributed by atoms with Crippen molar-refractivity contribution in [3.05, 3.63) is 58.9 Å². The number of carbonyl (C=O) groups excluding carboxylic acids is 2. The minimum absolute atomic E-state index is 0.0842. The van der Waals surface area contributed by atoms with Crippen molar-refractivity contribution in [1.82, 2.24) is 14.8 Å². The van der Waals surface area contributed by atoms with Gasteiger partial charge in [0.15, 0.2) is 6.73 Å². The topological polar surface area (TPSA) is 80.6 Å². The number of alkyl carbamates (subject to hydrolysis) is 1. The Morgan fingerprint density at radius 1 is 1.29 bits per heavy atom. The van der Waals surface area contributed by atoms with Crippen LogP contribution in [0, 0.1) is 0 Å². The molecular formula is C21H25N3O4. The Morgan fingerprint density at radius 2 is 2.04 bits per heavy atom. The Labute approximate surface area is 163 Å². The first kappa shape index (κ1) is 19.7. The van der Waals surface area contributed by atoms with Crippen LogP contribution in [0.5, 0.6) is 0 Å². The summed E-state index contributed by atoms with van der Waals surface area (Å²) in [6.45, 7) is 5.17. The Balaban J connectivity index is 1.85. The van der Waals surface area contributed by atoms with Crippen molar-refractivity contribution in [2.24, 2.45) is 0 Å². The number of benzene rings is 1. The lowest BCUT2D eigenvalue weighted by atomic mass is 9.89. The van der Waals surface area contributed by atoms with E-state index in [0.29, 0.717) is 31.6 Å². The summed E-state index contributed by atoms with van der Waals surface area (Å²) in [5, 5.41) is 3.55. The molecule has 0 radical (unpaired) electrons. The SMILES string of the molecule is C=CCCNC(=O)OCn1c(=O)c(C2CCN(C=O)CC2)cc2ccccc21. The van der Waals surface area contributed by atoms with E-state index in [1.165, 1.54) is 4.57 Å². The quantitative estimate of drug-likeness (QED) is 0.453. The van der Waals surface area contributed by atoms with Crippen LogP contribution in [0.2, 0.25) is 0 Å². The molecule has 0 saturated carbocycles. The highest BCUT2D eigenvalue weighted by atomic mass is 16.6. The van der Waals surface area contributed by atoms with Gasteiger partial charge in [0.05, 0.1) is 5.52 Å². The predicted molar refractivity (Wildman–Crippen MR) is 107 cm³/mol. The summed E-state index contributed by atoms with van der Waals surface area (Å²) in [5.41, 5.74) is 1.28. The van der Waals surface area contributed by atoms with Crippen LogP contribution in [0.3, 0.4) is 0 Å². The fourth-order valence-electron chi connectivity index (χ4n) is 3.54. The molecule has 0 unspecified atom stereocenters. The molecule has 7 nitrogen and oxygen atoms in total. The number of rotatable bonds is 7. The maximum atomic E-state index is 13.2. The van der Waals surface area contributed by atoms with Crippen LogP contribution in [0.4, 0.5) is 4.79 Å². The average molecular weight is 383 g/mol. The van der Waals surface area contributed by atoms with Gasteiger partial charge >= 0.3 is 6.09 Å². The van der Waals surface area contributed by atoms with Gasteiger partial charge in [0.2, 0.25) is 6.41 Å². The fourth-order valence-corrected chi connectivity index (χ4v) is 3.54. The number of hydrogen-bond donors (Lipinski definition) is 1. The summed E-state index contributed by atoms with van der Waals surface area (Å²) in [7, 11) is 0. The van der Waals surface area contributed by atoms with E-state index in [0.717, 1.165) is 30.2 Å². The minimum Gasteiger partial charge on any atom is -0.428 e. The lowest BCUT2D eigenvalue weighted by Gasteiger charge is -2.29. The van der Waals surface area contributed by atoms with Crippen molar-refractivity contribution in [2.45, 2.75) is 31.9 Å². The lowest BCUT2D eigenvalue weighted by Crippen LogP contribution is -2.35. The van der Waals surface area contributed by atoms with E-state index in [1.807, 2.05) is 30.3 Å². The molecule has 1 aliphatic heterocycles. The van der Waals surface area contributed by atoms with Gasteiger partial charge in [0.25, 0.3) is 5.56 Å². The molecule has 0 atom stereocenters. The zero-order valence-electron chi connectivity index (χ0n) is 15.8. The molecule has 0 aliphatic carbocycles. The molecule has 1 aromatic carbocycles. The van der Waals surface area contributed by atoms with Crippen molar-refractivity contribution in [3.63, 3.8) is 0 Å². The molecule has 2 heterocycles. The average Bonchev–Trinajstić information content (AvgIpc) is 2.73. The van der Waals surface area contributed by atoms with Crippen molar-refractivity contribution in [3.8, 4) is 0 Å². The Morgan fingerprint density at radius 3 is 2.75 bits per heavy atom. The second-order valence-electron chi connectivity index (χ2n) is 6.87. The number of amides is 2. The number of para-hydroxylation sites is 1. The number of hydrogen-bond acceptors (Lipinski definition) is 4. The van der Waals surface area contributed by atoms with E-state index in [4.69, 9.17) is 4.74 Å². The monoisotopic (exact) mass is 383 g/mol. The first-order valence-electron chi connectivity index (χ1n) is 9.47. The Bertz CT molecular complexity index is 913. The molecule has 3 rings (SSSR count). The van der Waals surface area contributed by atoms with Gasteiger partial charge < -0.3 is 15.0 Å². The van der Waals surface area contributed by atoms with Crippen LogP contribution in [-0.2, 0) is 16.3 Å². The first-order chi connectivity index (χ1) is 13.6. The van der Waals surface area contributed by atoms with Crippen molar-refractivity contribution in [2.75, 3.05) is 19.6 Å². The van der Waals surface area contributed by atoms with Gasteiger partial charge in [0, 0.05) is 25.2 Å². The highest BCUT2D eigenvalue weighted by molar-refractivity contribution is 5.79. The summed E-state index contributed by atoms with van der Waals surface area (Å²) in [4.78, 5) is 37.7. The van der Waals surface area contributed by atoms with Gasteiger partial charge in [-0.3, -0.25) is 14.2 Å². The Hall–Kier alpha value is -3.09. The van der Waals surface area contributed by atoms with E-state index in [-0.39, 0.29) is 18.2 Å². The number of nitrogens with one attached hydrogen (secondary N) is 1. The highest BCUT2D eigenvalue weighted by Crippen LogP contribution is 2.27. The van der Waals surface area contributed by atoms with Crippen molar-refractivity contribution < 1.29 is 14.3 Å². The van der Waals surface area contributed by atoms with Crippen LogP contribution in [0.25, 0.3) is 10.9 Å². The van der Waals surface area contributed by atoms with Gasteiger partial charge in [-0.1, -0.05) is 24.3 Å². The molecule has 1 aromatic heterocycles. The predicted octanol–water partition coefficient (Wildman–Crippen LogP) is 2.60. The molecule has 0 spiro atoms. The molecule has 1 fully saturated rings. The second-order valence-corrected chi connectivity index (χ2v) is 6.87. The normalized spacial score (nSPS) is 14.6. The van der Waals surface area contributed by atoms with Crippen LogP contribution < -0.4 is 10.9 Å². The van der Waals surface area contributed by atoms with Gasteiger partial charge in [-0.05, 0) is 42.7 Å². The molecular weight excluding hydrogens is 358 g/mol. The molecule has 28 heavy (non-hydrogen) atoms. The number of carbonyl (C=O) groups is 2. The minimum atomic E-state index is -0.567. The van der Waals surface area contributed by atoms with E-state index < -0.39 is 6.09 Å². The Kier molecular flexibility index (Phi) is 6.47. The third-order valence-corrected chi connectivity index (χ3v) is 5.09. The van der Waals surface area contributed by atoms with E-state index in [9.17, 15) is 14.4 Å². The summed E-state index contributed by atoms with van der Waals surface area (Å²) in [5.74, 6) is 0.0842. The zero-order valence-corrected chi connectivity index (χ0v) is 15.8. The zero-order chi connectivity index (χ0) is 19.9. The van der Waals surface area contributed by atoms with E-state index >= 15 is 0 Å². The van der Waals surface area contributed by atoms with Gasteiger partial charge in [-0.15, -0.1) is 6.58 Å². The molecule has 2 amide bonds.